The molecule has 0 saturated carbocycles. The van der Waals surface area contributed by atoms with Gasteiger partial charge >= 0.3 is 5.51 Å². The van der Waals surface area contributed by atoms with Crippen LogP contribution >= 0.6 is 0 Å². The van der Waals surface area contributed by atoms with Crippen molar-refractivity contribution in [2.24, 2.45) is 0 Å². The molecule has 150 valence electrons. The predicted molar refractivity (Wildman–Crippen MR) is 87.5 cm³/mol. The van der Waals surface area contributed by atoms with E-state index in [1.54, 1.807) is 6.07 Å². The summed E-state index contributed by atoms with van der Waals surface area (Å²) in [6, 6.07) is 8.80. The van der Waals surface area contributed by atoms with Crippen molar-refractivity contribution in [3.05, 3.63) is 59.4 Å². The number of rotatable bonds is 3. The lowest BCUT2D eigenvalue weighted by atomic mass is 10.1. The first-order chi connectivity index (χ1) is 13.1. The summed E-state index contributed by atoms with van der Waals surface area (Å²) in [4.78, 5) is -0.877. The number of hydrogen-bond donors (Lipinski definition) is 0. The summed E-state index contributed by atoms with van der Waals surface area (Å²) >= 11 is 0. The third kappa shape index (κ3) is 3.05. The minimum atomic E-state index is -5.59. The van der Waals surface area contributed by atoms with Crippen LogP contribution in [0.25, 0.3) is 0 Å². The minimum absolute atomic E-state index is 0.128. The number of halogens is 4. The van der Waals surface area contributed by atoms with Crippen molar-refractivity contribution in [2.75, 3.05) is 6.61 Å². The molecule has 0 aromatic heterocycles. The Morgan fingerprint density at radius 3 is 2.50 bits per heavy atom. The molecule has 0 amide bonds. The van der Waals surface area contributed by atoms with Crippen LogP contribution in [0.4, 0.5) is 17.6 Å². The predicted octanol–water partition coefficient (Wildman–Crippen LogP) is 3.67. The summed E-state index contributed by atoms with van der Waals surface area (Å²) in [7, 11) is -5.59. The van der Waals surface area contributed by atoms with Crippen LogP contribution in [0.3, 0.4) is 0 Å². The molecule has 1 saturated heterocycles. The van der Waals surface area contributed by atoms with Gasteiger partial charge in [-0.15, -0.1) is 0 Å². The van der Waals surface area contributed by atoms with Crippen molar-refractivity contribution >= 4 is 9.84 Å². The van der Waals surface area contributed by atoms with Gasteiger partial charge in [-0.25, -0.2) is 12.8 Å². The Balaban J connectivity index is 1.67. The fraction of sp³-hybridized carbons (Fsp3) is 0.333. The van der Waals surface area contributed by atoms with E-state index < -0.39 is 38.1 Å². The maximum absolute atomic E-state index is 13.1. The van der Waals surface area contributed by atoms with Crippen molar-refractivity contribution in [1.29, 1.82) is 0 Å². The van der Waals surface area contributed by atoms with E-state index in [-0.39, 0.29) is 24.3 Å². The molecule has 1 aliphatic carbocycles. The van der Waals surface area contributed by atoms with Crippen LogP contribution in [0, 0.1) is 5.82 Å². The normalized spacial score (nSPS) is 24.5. The summed E-state index contributed by atoms with van der Waals surface area (Å²) in [5.74, 6) is -1.82. The van der Waals surface area contributed by atoms with E-state index in [0.29, 0.717) is 12.0 Å². The molecule has 2 aliphatic rings. The third-order valence-corrected chi connectivity index (χ3v) is 6.20. The minimum Gasteiger partial charge on any atom is -0.462 e. The zero-order valence-electron chi connectivity index (χ0n) is 14.2. The average molecular weight is 418 g/mol. The van der Waals surface area contributed by atoms with E-state index in [0.717, 1.165) is 6.07 Å². The Hall–Kier alpha value is -2.17. The summed E-state index contributed by atoms with van der Waals surface area (Å²) < 4.78 is 93.4. The lowest BCUT2D eigenvalue weighted by Crippen LogP contribution is -2.31. The van der Waals surface area contributed by atoms with Gasteiger partial charge in [0.25, 0.3) is 9.84 Å². The van der Waals surface area contributed by atoms with Crippen LogP contribution in [0.2, 0.25) is 0 Å². The highest BCUT2D eigenvalue weighted by Gasteiger charge is 2.55. The second kappa shape index (κ2) is 6.43. The second-order valence-corrected chi connectivity index (χ2v) is 8.33. The Labute approximate surface area is 157 Å². The fourth-order valence-corrected chi connectivity index (χ4v) is 4.52. The molecule has 2 atom stereocenters. The molecular weight excluding hydrogens is 404 g/mol. The molecule has 5 nitrogen and oxygen atoms in total. The van der Waals surface area contributed by atoms with Crippen LogP contribution in [0.1, 0.15) is 17.5 Å². The highest BCUT2D eigenvalue weighted by atomic mass is 32.2. The highest BCUT2D eigenvalue weighted by Crippen LogP contribution is 2.49. The van der Waals surface area contributed by atoms with Gasteiger partial charge in [-0.05, 0) is 42.3 Å². The van der Waals surface area contributed by atoms with Gasteiger partial charge in [-0.2, -0.15) is 13.2 Å². The average Bonchev–Trinajstić information content (AvgIpc) is 3.21. The van der Waals surface area contributed by atoms with Crippen LogP contribution in [-0.4, -0.2) is 26.8 Å². The number of sulfone groups is 1. The van der Waals surface area contributed by atoms with Gasteiger partial charge in [-0.1, -0.05) is 12.1 Å². The zero-order valence-corrected chi connectivity index (χ0v) is 15.0. The topological polar surface area (TPSA) is 61.8 Å². The number of benzene rings is 2. The SMILES string of the molecule is O=S(=O)(c1cccc2c1C1(CC2)OCC(Oc2ccc(F)cc2)O1)C(F)(F)F. The number of hydrogen-bond acceptors (Lipinski definition) is 5. The molecule has 28 heavy (non-hydrogen) atoms. The summed E-state index contributed by atoms with van der Waals surface area (Å²) in [6.45, 7) is -0.128. The Morgan fingerprint density at radius 2 is 1.82 bits per heavy atom. The molecule has 4 rings (SSSR count). The zero-order chi connectivity index (χ0) is 20.2. The molecule has 1 aliphatic heterocycles. The molecule has 1 heterocycles. The van der Waals surface area contributed by atoms with Gasteiger partial charge < -0.3 is 14.2 Å². The number of aryl methyl sites for hydroxylation is 1. The number of alkyl halides is 3. The largest absolute Gasteiger partial charge is 0.501 e. The summed E-state index contributed by atoms with van der Waals surface area (Å²) in [5, 5.41) is 0. The molecule has 2 unspecified atom stereocenters. The highest BCUT2D eigenvalue weighted by molar-refractivity contribution is 7.92. The monoisotopic (exact) mass is 418 g/mol. The van der Waals surface area contributed by atoms with E-state index >= 15 is 0 Å². The van der Waals surface area contributed by atoms with E-state index in [1.807, 2.05) is 0 Å². The van der Waals surface area contributed by atoms with Crippen molar-refractivity contribution in [1.82, 2.24) is 0 Å². The molecule has 2 aromatic rings. The Morgan fingerprint density at radius 1 is 1.11 bits per heavy atom. The lowest BCUT2D eigenvalue weighted by Gasteiger charge is -2.26. The molecule has 10 heteroatoms. The first-order valence-electron chi connectivity index (χ1n) is 8.30. The molecule has 1 spiro atoms. The second-order valence-electron chi connectivity index (χ2n) is 6.42. The van der Waals surface area contributed by atoms with Gasteiger partial charge in [0.2, 0.25) is 12.1 Å². The number of fused-ring (bicyclic) bond motifs is 2. The van der Waals surface area contributed by atoms with Crippen molar-refractivity contribution in [2.45, 2.75) is 35.3 Å². The molecule has 0 radical (unpaired) electrons. The fourth-order valence-electron chi connectivity index (χ4n) is 3.46. The van der Waals surface area contributed by atoms with Crippen LogP contribution in [0.5, 0.6) is 5.75 Å². The van der Waals surface area contributed by atoms with Crippen LogP contribution in [0.15, 0.2) is 47.4 Å². The van der Waals surface area contributed by atoms with Gasteiger partial charge in [-0.3, -0.25) is 0 Å². The van der Waals surface area contributed by atoms with Gasteiger partial charge in [0.15, 0.2) is 0 Å². The molecule has 0 bridgehead atoms. The molecule has 1 fully saturated rings. The standard InChI is InChI=1S/C18H14F4O5S/c19-12-4-6-13(7-5-12)26-15-10-25-17(27-15)9-8-11-2-1-3-14(16(11)17)28(23,24)18(20,21)22/h1-7,15H,8-10H2. The smallest absolute Gasteiger partial charge is 0.462 e. The van der Waals surface area contributed by atoms with Crippen LogP contribution < -0.4 is 4.74 Å². The Kier molecular flexibility index (Phi) is 4.40. The van der Waals surface area contributed by atoms with E-state index in [1.165, 1.54) is 30.3 Å². The molecule has 0 N–H and O–H groups in total. The quantitative estimate of drug-likeness (QED) is 0.712. The maximum Gasteiger partial charge on any atom is 0.501 e. The molecular formula is C18H14F4O5S. The van der Waals surface area contributed by atoms with E-state index in [2.05, 4.69) is 0 Å². The summed E-state index contributed by atoms with van der Waals surface area (Å²) in [6.07, 6.45) is -0.548. The number of ether oxygens (including phenoxy) is 3. The van der Waals surface area contributed by atoms with E-state index in [4.69, 9.17) is 14.2 Å². The molecule has 2 aromatic carbocycles. The van der Waals surface area contributed by atoms with Crippen molar-refractivity contribution < 1.29 is 40.2 Å². The first-order valence-corrected chi connectivity index (χ1v) is 9.78. The first kappa shape index (κ1) is 19.2. The lowest BCUT2D eigenvalue weighted by molar-refractivity contribution is -0.200. The van der Waals surface area contributed by atoms with Crippen molar-refractivity contribution in [3.8, 4) is 5.75 Å². The van der Waals surface area contributed by atoms with E-state index in [9.17, 15) is 26.0 Å². The maximum atomic E-state index is 13.1. The summed E-state index contributed by atoms with van der Waals surface area (Å²) in [5.41, 5.74) is -5.18. The Bertz CT molecular complexity index is 1000. The third-order valence-electron chi connectivity index (χ3n) is 4.67. The van der Waals surface area contributed by atoms with Crippen molar-refractivity contribution in [3.63, 3.8) is 0 Å². The van der Waals surface area contributed by atoms with Crippen LogP contribution in [-0.2, 0) is 31.5 Å². The van der Waals surface area contributed by atoms with Gasteiger partial charge in [0, 0.05) is 12.0 Å². The van der Waals surface area contributed by atoms with Gasteiger partial charge in [0.05, 0.1) is 4.90 Å². The van der Waals surface area contributed by atoms with Gasteiger partial charge in [0.1, 0.15) is 18.2 Å².